The van der Waals surface area contributed by atoms with Crippen molar-refractivity contribution in [3.05, 3.63) is 116 Å². The van der Waals surface area contributed by atoms with Crippen molar-refractivity contribution in [1.82, 2.24) is 9.13 Å². The molecule has 198 valence electrons. The Bertz CT molecular complexity index is 1590. The average molecular weight is 603 g/mol. The molecule has 1 aliphatic carbocycles. The van der Waals surface area contributed by atoms with E-state index < -0.39 is 18.8 Å². The number of halogens is 3. The van der Waals surface area contributed by atoms with Gasteiger partial charge in [-0.3, -0.25) is 13.7 Å². The first-order valence-corrected chi connectivity index (χ1v) is 14.6. The summed E-state index contributed by atoms with van der Waals surface area (Å²) in [6.45, 7) is 0.467. The van der Waals surface area contributed by atoms with E-state index in [1.54, 1.807) is 9.13 Å². The number of alkyl halides is 2. The predicted octanol–water partition coefficient (Wildman–Crippen LogP) is 6.28. The van der Waals surface area contributed by atoms with Crippen LogP contribution in [0.4, 0.5) is 8.78 Å². The minimum atomic E-state index is -5.72. The molecule has 10 heteroatoms. The fraction of sp³-hybridized carbons (Fsp3) is 0.250. The standard InChI is InChI=1S/C28H26BrF2N2O4P/c29-25-14-20(10-13-24(25)28(30,31)38(35,36)37)17-33-26(23-12-11-21-8-4-5-9-22(21)15-23)18-32(27(33)34)16-19-6-2-1-3-7-19/h1-3,6-7,10-15,18H,4-5,8-9,16-17H2,(H2,35,36,37). The van der Waals surface area contributed by atoms with Crippen LogP contribution in [-0.2, 0) is 36.2 Å². The molecule has 1 aromatic heterocycles. The first-order chi connectivity index (χ1) is 18.0. The summed E-state index contributed by atoms with van der Waals surface area (Å²) < 4.78 is 43.1. The van der Waals surface area contributed by atoms with Crippen LogP contribution in [-0.4, -0.2) is 18.9 Å². The summed E-state index contributed by atoms with van der Waals surface area (Å²) in [7, 11) is -5.72. The summed E-state index contributed by atoms with van der Waals surface area (Å²) in [5.74, 6) is 0. The van der Waals surface area contributed by atoms with Gasteiger partial charge in [0.15, 0.2) is 0 Å². The first-order valence-electron chi connectivity index (χ1n) is 12.2. The average Bonchev–Trinajstić information content (AvgIpc) is 3.18. The van der Waals surface area contributed by atoms with Gasteiger partial charge in [-0.2, -0.15) is 8.78 Å². The zero-order valence-electron chi connectivity index (χ0n) is 20.4. The zero-order valence-corrected chi connectivity index (χ0v) is 22.8. The SMILES string of the molecule is O=c1n(Cc2ccccc2)cc(-c2ccc3c(c2)CCCC3)n1Cc1ccc(C(F)(F)P(=O)(O)O)c(Br)c1. The first kappa shape index (κ1) is 26.8. The second-order valence-electron chi connectivity index (χ2n) is 9.59. The number of hydrogen-bond acceptors (Lipinski definition) is 2. The monoisotopic (exact) mass is 602 g/mol. The fourth-order valence-corrected chi connectivity index (χ4v) is 6.28. The maximum Gasteiger partial charge on any atom is 0.399 e. The van der Waals surface area contributed by atoms with Crippen LogP contribution in [0.25, 0.3) is 11.3 Å². The molecule has 6 nitrogen and oxygen atoms in total. The Hall–Kier alpha value is -2.84. The van der Waals surface area contributed by atoms with Gasteiger partial charge in [0.25, 0.3) is 0 Å². The number of aromatic nitrogens is 2. The Labute approximate surface area is 226 Å². The summed E-state index contributed by atoms with van der Waals surface area (Å²) in [5, 5.41) is 0. The van der Waals surface area contributed by atoms with Crippen molar-refractivity contribution in [3.63, 3.8) is 0 Å². The van der Waals surface area contributed by atoms with Gasteiger partial charge in [0.2, 0.25) is 0 Å². The van der Waals surface area contributed by atoms with E-state index in [1.165, 1.54) is 23.3 Å². The fourth-order valence-electron chi connectivity index (χ4n) is 4.94. The molecule has 3 aromatic carbocycles. The van der Waals surface area contributed by atoms with Gasteiger partial charge in [0, 0.05) is 21.8 Å². The molecule has 0 fully saturated rings. The molecule has 0 aliphatic heterocycles. The highest BCUT2D eigenvalue weighted by Gasteiger charge is 2.51. The van der Waals surface area contributed by atoms with E-state index in [-0.39, 0.29) is 16.7 Å². The molecule has 0 atom stereocenters. The van der Waals surface area contributed by atoms with Crippen molar-refractivity contribution < 1.29 is 23.1 Å². The van der Waals surface area contributed by atoms with Crippen LogP contribution in [0, 0.1) is 0 Å². The number of nitrogens with zero attached hydrogens (tertiary/aromatic N) is 2. The minimum Gasteiger partial charge on any atom is -0.320 e. The van der Waals surface area contributed by atoms with Crippen LogP contribution in [0.1, 0.15) is 40.7 Å². The Kier molecular flexibility index (Phi) is 7.31. The number of imidazole rings is 1. The van der Waals surface area contributed by atoms with Crippen LogP contribution < -0.4 is 5.69 Å². The lowest BCUT2D eigenvalue weighted by molar-refractivity contribution is 0.0557. The van der Waals surface area contributed by atoms with E-state index in [1.807, 2.05) is 42.6 Å². The molecular weight excluding hydrogens is 577 g/mol. The Morgan fingerprint density at radius 3 is 2.29 bits per heavy atom. The molecule has 0 saturated heterocycles. The second-order valence-corrected chi connectivity index (χ2v) is 12.1. The number of hydrogen-bond donors (Lipinski definition) is 2. The second kappa shape index (κ2) is 10.4. The van der Waals surface area contributed by atoms with E-state index in [4.69, 9.17) is 9.79 Å². The van der Waals surface area contributed by atoms with Crippen LogP contribution in [0.15, 0.2) is 82.2 Å². The number of rotatable bonds is 7. The Morgan fingerprint density at radius 1 is 0.895 bits per heavy atom. The highest BCUT2D eigenvalue weighted by Crippen LogP contribution is 2.60. The quantitative estimate of drug-likeness (QED) is 0.244. The van der Waals surface area contributed by atoms with Gasteiger partial charge in [-0.25, -0.2) is 4.79 Å². The van der Waals surface area contributed by atoms with Gasteiger partial charge in [-0.1, -0.05) is 70.5 Å². The van der Waals surface area contributed by atoms with Crippen LogP contribution in [0.2, 0.25) is 0 Å². The summed E-state index contributed by atoms with van der Waals surface area (Å²) in [6, 6.07) is 19.6. The molecule has 4 aromatic rings. The van der Waals surface area contributed by atoms with Gasteiger partial charge >= 0.3 is 18.9 Å². The molecular formula is C28H26BrF2N2O4P. The van der Waals surface area contributed by atoms with Crippen LogP contribution in [0.3, 0.4) is 0 Å². The highest BCUT2D eigenvalue weighted by molar-refractivity contribution is 9.10. The van der Waals surface area contributed by atoms with E-state index in [9.17, 15) is 18.1 Å². The van der Waals surface area contributed by atoms with Crippen molar-refractivity contribution in [3.8, 4) is 11.3 Å². The summed E-state index contributed by atoms with van der Waals surface area (Å²) in [4.78, 5) is 31.8. The highest BCUT2D eigenvalue weighted by atomic mass is 79.9. The van der Waals surface area contributed by atoms with Gasteiger partial charge < -0.3 is 9.79 Å². The molecule has 0 radical (unpaired) electrons. The molecule has 1 heterocycles. The largest absolute Gasteiger partial charge is 0.399 e. The summed E-state index contributed by atoms with van der Waals surface area (Å²) in [6.07, 6.45) is 6.14. The van der Waals surface area contributed by atoms with Gasteiger partial charge in [-0.15, -0.1) is 0 Å². The maximum absolute atomic E-state index is 14.3. The lowest BCUT2D eigenvalue weighted by atomic mass is 9.90. The van der Waals surface area contributed by atoms with E-state index >= 15 is 0 Å². The lowest BCUT2D eigenvalue weighted by Gasteiger charge is -2.20. The smallest absolute Gasteiger partial charge is 0.320 e. The topological polar surface area (TPSA) is 84.5 Å². The third-order valence-electron chi connectivity index (χ3n) is 6.95. The van der Waals surface area contributed by atoms with Crippen molar-refractivity contribution in [2.24, 2.45) is 0 Å². The molecule has 0 saturated carbocycles. The minimum absolute atomic E-state index is 0.0907. The third-order valence-corrected chi connectivity index (χ3v) is 8.58. The van der Waals surface area contributed by atoms with Gasteiger partial charge in [0.1, 0.15) is 0 Å². The van der Waals surface area contributed by atoms with E-state index in [0.29, 0.717) is 17.8 Å². The van der Waals surface area contributed by atoms with Gasteiger partial charge in [-0.05, 0) is 60.1 Å². The number of fused-ring (bicyclic) bond motifs is 1. The molecule has 0 spiro atoms. The predicted molar refractivity (Wildman–Crippen MR) is 145 cm³/mol. The summed E-state index contributed by atoms with van der Waals surface area (Å²) >= 11 is 3.05. The third kappa shape index (κ3) is 5.21. The number of aryl methyl sites for hydroxylation is 2. The van der Waals surface area contributed by atoms with Crippen molar-refractivity contribution >= 4 is 23.5 Å². The Balaban J connectivity index is 1.56. The number of benzene rings is 3. The normalized spacial score (nSPS) is 13.9. The van der Waals surface area contributed by atoms with Crippen molar-refractivity contribution in [1.29, 1.82) is 0 Å². The molecule has 2 N–H and O–H groups in total. The molecule has 0 unspecified atom stereocenters. The Morgan fingerprint density at radius 2 is 1.61 bits per heavy atom. The van der Waals surface area contributed by atoms with Crippen molar-refractivity contribution in [2.45, 2.75) is 44.4 Å². The van der Waals surface area contributed by atoms with E-state index in [2.05, 4.69) is 28.1 Å². The van der Waals surface area contributed by atoms with Crippen LogP contribution >= 0.6 is 23.5 Å². The lowest BCUT2D eigenvalue weighted by Crippen LogP contribution is -2.25. The van der Waals surface area contributed by atoms with Gasteiger partial charge in [0.05, 0.1) is 18.8 Å². The van der Waals surface area contributed by atoms with Crippen LogP contribution in [0.5, 0.6) is 0 Å². The van der Waals surface area contributed by atoms with Crippen molar-refractivity contribution in [2.75, 3.05) is 0 Å². The zero-order chi connectivity index (χ0) is 27.1. The molecule has 5 rings (SSSR count). The molecule has 38 heavy (non-hydrogen) atoms. The van der Waals surface area contributed by atoms with E-state index in [0.717, 1.165) is 42.9 Å². The molecule has 1 aliphatic rings. The molecule has 0 amide bonds. The summed E-state index contributed by atoms with van der Waals surface area (Å²) in [5.41, 5.74) is 0.308. The maximum atomic E-state index is 14.3. The molecule has 0 bridgehead atoms.